The Labute approximate surface area is 78.8 Å². The number of hydrogen-bond acceptors (Lipinski definition) is 3. The Bertz CT molecular complexity index is 236. The Hall–Kier alpha value is -0.800. The Morgan fingerprint density at radius 1 is 1.62 bits per heavy atom. The van der Waals surface area contributed by atoms with Crippen LogP contribution >= 0.6 is 0 Å². The molecule has 1 unspecified atom stereocenters. The van der Waals surface area contributed by atoms with Crippen molar-refractivity contribution in [2.45, 2.75) is 39.0 Å². The second kappa shape index (κ2) is 3.94. The molecule has 0 saturated heterocycles. The molecule has 0 spiro atoms. The van der Waals surface area contributed by atoms with Gasteiger partial charge in [-0.1, -0.05) is 0 Å². The standard InChI is InChI=1S/C10H17NO2/c1-8(10(2,3)12)11-7-9-5-4-6-13-9/h4-6,8,11-12H,7H2,1-3H3. The first-order valence-corrected chi connectivity index (χ1v) is 4.48. The van der Waals surface area contributed by atoms with E-state index in [1.807, 2.05) is 19.1 Å². The third-order valence-electron chi connectivity index (χ3n) is 2.22. The summed E-state index contributed by atoms with van der Waals surface area (Å²) in [5.74, 6) is 0.885. The van der Waals surface area contributed by atoms with E-state index >= 15 is 0 Å². The van der Waals surface area contributed by atoms with Crippen molar-refractivity contribution in [3.05, 3.63) is 24.2 Å². The number of hydrogen-bond donors (Lipinski definition) is 2. The largest absolute Gasteiger partial charge is 0.468 e. The fraction of sp³-hybridized carbons (Fsp3) is 0.600. The summed E-state index contributed by atoms with van der Waals surface area (Å²) in [4.78, 5) is 0. The van der Waals surface area contributed by atoms with Gasteiger partial charge < -0.3 is 14.8 Å². The predicted molar refractivity (Wildman–Crippen MR) is 51.3 cm³/mol. The predicted octanol–water partition coefficient (Wildman–Crippen LogP) is 1.53. The van der Waals surface area contributed by atoms with E-state index in [1.165, 1.54) is 0 Å². The zero-order chi connectivity index (χ0) is 9.90. The molecule has 1 rings (SSSR count). The summed E-state index contributed by atoms with van der Waals surface area (Å²) in [6, 6.07) is 3.80. The molecule has 1 heterocycles. The van der Waals surface area contributed by atoms with Crippen LogP contribution in [0.5, 0.6) is 0 Å². The second-order valence-corrected chi connectivity index (χ2v) is 3.84. The van der Waals surface area contributed by atoms with Crippen LogP contribution in [0.15, 0.2) is 22.8 Å². The first-order chi connectivity index (χ1) is 6.00. The molecule has 0 aliphatic heterocycles. The molecule has 0 radical (unpaired) electrons. The van der Waals surface area contributed by atoms with E-state index in [0.29, 0.717) is 6.54 Å². The molecule has 0 aliphatic rings. The van der Waals surface area contributed by atoms with Gasteiger partial charge in [0.2, 0.25) is 0 Å². The maximum absolute atomic E-state index is 9.62. The summed E-state index contributed by atoms with van der Waals surface area (Å²) >= 11 is 0. The van der Waals surface area contributed by atoms with Crippen molar-refractivity contribution in [1.82, 2.24) is 5.32 Å². The summed E-state index contributed by atoms with van der Waals surface area (Å²) in [6.45, 7) is 6.17. The molecule has 1 aromatic heterocycles. The van der Waals surface area contributed by atoms with Crippen LogP contribution in [0.4, 0.5) is 0 Å². The topological polar surface area (TPSA) is 45.4 Å². The van der Waals surface area contributed by atoms with Gasteiger partial charge in [0.05, 0.1) is 18.4 Å². The molecule has 1 atom stereocenters. The first-order valence-electron chi connectivity index (χ1n) is 4.48. The van der Waals surface area contributed by atoms with Crippen LogP contribution in [0, 0.1) is 0 Å². The van der Waals surface area contributed by atoms with Crippen LogP contribution in [0.3, 0.4) is 0 Å². The van der Waals surface area contributed by atoms with Crippen molar-refractivity contribution in [3.8, 4) is 0 Å². The lowest BCUT2D eigenvalue weighted by Crippen LogP contribution is -2.44. The summed E-state index contributed by atoms with van der Waals surface area (Å²) in [7, 11) is 0. The molecule has 2 N–H and O–H groups in total. The van der Waals surface area contributed by atoms with Gasteiger partial charge in [-0.2, -0.15) is 0 Å². The Kier molecular flexibility index (Phi) is 3.12. The zero-order valence-electron chi connectivity index (χ0n) is 8.37. The minimum atomic E-state index is -0.702. The average Bonchev–Trinajstić information content (AvgIpc) is 2.50. The van der Waals surface area contributed by atoms with Crippen molar-refractivity contribution in [2.75, 3.05) is 0 Å². The normalized spacial score (nSPS) is 14.5. The second-order valence-electron chi connectivity index (χ2n) is 3.84. The summed E-state index contributed by atoms with van der Waals surface area (Å²) < 4.78 is 5.15. The Morgan fingerprint density at radius 2 is 2.31 bits per heavy atom. The molecular formula is C10H17NO2. The molecule has 0 saturated carbocycles. The van der Waals surface area contributed by atoms with E-state index in [4.69, 9.17) is 4.42 Å². The van der Waals surface area contributed by atoms with Crippen LogP contribution in [0.1, 0.15) is 26.5 Å². The fourth-order valence-corrected chi connectivity index (χ4v) is 0.917. The summed E-state index contributed by atoms with van der Waals surface area (Å²) in [6.07, 6.45) is 1.64. The molecule has 13 heavy (non-hydrogen) atoms. The molecular weight excluding hydrogens is 166 g/mol. The lowest BCUT2D eigenvalue weighted by atomic mass is 10.0. The minimum absolute atomic E-state index is 0.0394. The number of rotatable bonds is 4. The van der Waals surface area contributed by atoms with E-state index in [2.05, 4.69) is 5.32 Å². The lowest BCUT2D eigenvalue weighted by molar-refractivity contribution is 0.0431. The van der Waals surface area contributed by atoms with Crippen LogP contribution in [-0.4, -0.2) is 16.7 Å². The molecule has 0 aromatic carbocycles. The molecule has 0 fully saturated rings. The highest BCUT2D eigenvalue weighted by Crippen LogP contribution is 2.08. The van der Waals surface area contributed by atoms with Crippen LogP contribution < -0.4 is 5.32 Å². The van der Waals surface area contributed by atoms with Gasteiger partial charge in [0, 0.05) is 6.04 Å². The zero-order valence-corrected chi connectivity index (χ0v) is 8.37. The van der Waals surface area contributed by atoms with Crippen LogP contribution in [-0.2, 0) is 6.54 Å². The number of furan rings is 1. The van der Waals surface area contributed by atoms with Gasteiger partial charge in [-0.05, 0) is 32.9 Å². The molecule has 3 heteroatoms. The molecule has 0 aliphatic carbocycles. The van der Waals surface area contributed by atoms with Crippen molar-refractivity contribution in [3.63, 3.8) is 0 Å². The highest BCUT2D eigenvalue weighted by atomic mass is 16.3. The van der Waals surface area contributed by atoms with E-state index in [0.717, 1.165) is 5.76 Å². The smallest absolute Gasteiger partial charge is 0.117 e. The van der Waals surface area contributed by atoms with Crippen molar-refractivity contribution < 1.29 is 9.52 Å². The van der Waals surface area contributed by atoms with E-state index in [-0.39, 0.29) is 6.04 Å². The third-order valence-corrected chi connectivity index (χ3v) is 2.22. The van der Waals surface area contributed by atoms with Gasteiger partial charge in [-0.25, -0.2) is 0 Å². The molecule has 0 amide bonds. The minimum Gasteiger partial charge on any atom is -0.468 e. The molecule has 74 valence electrons. The van der Waals surface area contributed by atoms with Crippen molar-refractivity contribution in [1.29, 1.82) is 0 Å². The SMILES string of the molecule is CC(NCc1ccco1)C(C)(C)O. The highest BCUT2D eigenvalue weighted by Gasteiger charge is 2.21. The van der Waals surface area contributed by atoms with E-state index in [9.17, 15) is 5.11 Å². The number of nitrogens with one attached hydrogen (secondary N) is 1. The lowest BCUT2D eigenvalue weighted by Gasteiger charge is -2.26. The summed E-state index contributed by atoms with van der Waals surface area (Å²) in [5.41, 5.74) is -0.702. The van der Waals surface area contributed by atoms with Gasteiger partial charge in [0.15, 0.2) is 0 Å². The highest BCUT2D eigenvalue weighted by molar-refractivity contribution is 4.98. The first kappa shape index (κ1) is 10.3. The maximum atomic E-state index is 9.62. The average molecular weight is 183 g/mol. The Balaban J connectivity index is 2.35. The maximum Gasteiger partial charge on any atom is 0.117 e. The van der Waals surface area contributed by atoms with E-state index < -0.39 is 5.60 Å². The van der Waals surface area contributed by atoms with Gasteiger partial charge in [-0.3, -0.25) is 0 Å². The van der Waals surface area contributed by atoms with Gasteiger partial charge >= 0.3 is 0 Å². The number of aliphatic hydroxyl groups is 1. The quantitative estimate of drug-likeness (QED) is 0.744. The van der Waals surface area contributed by atoms with Gasteiger partial charge in [0.1, 0.15) is 5.76 Å². The van der Waals surface area contributed by atoms with Gasteiger partial charge in [-0.15, -0.1) is 0 Å². The molecule has 0 bridgehead atoms. The van der Waals surface area contributed by atoms with Gasteiger partial charge in [0.25, 0.3) is 0 Å². The summed E-state index contributed by atoms with van der Waals surface area (Å²) in [5, 5.41) is 12.8. The van der Waals surface area contributed by atoms with Crippen LogP contribution in [0.2, 0.25) is 0 Å². The van der Waals surface area contributed by atoms with E-state index in [1.54, 1.807) is 20.1 Å². The molecule has 1 aromatic rings. The van der Waals surface area contributed by atoms with Crippen molar-refractivity contribution >= 4 is 0 Å². The monoisotopic (exact) mass is 183 g/mol. The third kappa shape index (κ3) is 3.20. The molecule has 3 nitrogen and oxygen atoms in total. The Morgan fingerprint density at radius 3 is 2.77 bits per heavy atom. The van der Waals surface area contributed by atoms with Crippen molar-refractivity contribution in [2.24, 2.45) is 0 Å². The fourth-order valence-electron chi connectivity index (χ4n) is 0.917. The van der Waals surface area contributed by atoms with Crippen LogP contribution in [0.25, 0.3) is 0 Å².